The van der Waals surface area contributed by atoms with Crippen molar-refractivity contribution in [2.45, 2.75) is 26.3 Å². The molecule has 0 atom stereocenters. The molecule has 1 rings (SSSR count). The Labute approximate surface area is 114 Å². The van der Waals surface area contributed by atoms with Gasteiger partial charge in [-0.3, -0.25) is 0 Å². The molecule has 1 aromatic rings. The Balaban J connectivity index is 2.51. The van der Waals surface area contributed by atoms with E-state index >= 15 is 0 Å². The molecule has 0 saturated heterocycles. The van der Waals surface area contributed by atoms with Gasteiger partial charge in [-0.05, 0) is 31.9 Å². The van der Waals surface area contributed by atoms with E-state index in [-0.39, 0.29) is 12.1 Å². The lowest BCUT2D eigenvalue weighted by Crippen LogP contribution is -2.40. The molecule has 0 unspecified atom stereocenters. The van der Waals surface area contributed by atoms with Crippen molar-refractivity contribution in [1.82, 2.24) is 10.6 Å². The van der Waals surface area contributed by atoms with Crippen LogP contribution in [0, 0.1) is 0 Å². The van der Waals surface area contributed by atoms with Crippen LogP contribution in [-0.2, 0) is 6.42 Å². The van der Waals surface area contributed by atoms with Gasteiger partial charge >= 0.3 is 6.03 Å². The summed E-state index contributed by atoms with van der Waals surface area (Å²) in [5, 5.41) is 5.58. The molecule has 19 heavy (non-hydrogen) atoms. The van der Waals surface area contributed by atoms with Crippen LogP contribution >= 0.6 is 0 Å². The first-order valence-corrected chi connectivity index (χ1v) is 6.32. The van der Waals surface area contributed by atoms with Gasteiger partial charge in [0, 0.05) is 18.7 Å². The van der Waals surface area contributed by atoms with E-state index < -0.39 is 0 Å². The van der Waals surface area contributed by atoms with Crippen molar-refractivity contribution in [1.29, 1.82) is 0 Å². The van der Waals surface area contributed by atoms with Gasteiger partial charge in [-0.2, -0.15) is 0 Å². The number of hydrogen-bond donors (Lipinski definition) is 2. The number of carbonyl (C=O) groups excluding carboxylic acids is 1. The van der Waals surface area contributed by atoms with Crippen LogP contribution in [-0.4, -0.2) is 32.8 Å². The van der Waals surface area contributed by atoms with Gasteiger partial charge in [0.15, 0.2) is 0 Å². The third-order valence-corrected chi connectivity index (χ3v) is 2.59. The first-order chi connectivity index (χ1) is 9.06. The predicted octanol–water partition coefficient (Wildman–Crippen LogP) is 1.95. The minimum atomic E-state index is -0.150. The lowest BCUT2D eigenvalue weighted by molar-refractivity contribution is 0.238. The lowest BCUT2D eigenvalue weighted by Gasteiger charge is -2.12. The molecule has 0 aliphatic carbocycles. The fourth-order valence-corrected chi connectivity index (χ4v) is 1.68. The zero-order valence-electron chi connectivity index (χ0n) is 11.9. The first-order valence-electron chi connectivity index (χ1n) is 6.32. The van der Waals surface area contributed by atoms with Gasteiger partial charge in [-0.25, -0.2) is 4.79 Å². The fourth-order valence-electron chi connectivity index (χ4n) is 1.68. The number of amides is 2. The van der Waals surface area contributed by atoms with Crippen LogP contribution in [0.15, 0.2) is 18.2 Å². The molecular formula is C14H22N2O3. The molecule has 0 fully saturated rings. The molecule has 0 heterocycles. The smallest absolute Gasteiger partial charge is 0.314 e. The van der Waals surface area contributed by atoms with Crippen LogP contribution in [0.1, 0.15) is 19.4 Å². The van der Waals surface area contributed by atoms with Crippen molar-refractivity contribution < 1.29 is 14.3 Å². The number of nitrogens with one attached hydrogen (secondary N) is 2. The Kier molecular flexibility index (Phi) is 5.99. The molecule has 0 bridgehead atoms. The summed E-state index contributed by atoms with van der Waals surface area (Å²) in [5.74, 6) is 1.52. The third-order valence-electron chi connectivity index (χ3n) is 2.59. The van der Waals surface area contributed by atoms with Crippen molar-refractivity contribution >= 4 is 6.03 Å². The molecule has 5 heteroatoms. The summed E-state index contributed by atoms with van der Waals surface area (Å²) in [6.07, 6.45) is 0.707. The van der Waals surface area contributed by atoms with Crippen LogP contribution < -0.4 is 20.1 Å². The van der Waals surface area contributed by atoms with Gasteiger partial charge in [0.1, 0.15) is 11.5 Å². The predicted molar refractivity (Wildman–Crippen MR) is 74.9 cm³/mol. The highest BCUT2D eigenvalue weighted by molar-refractivity contribution is 5.74. The zero-order chi connectivity index (χ0) is 14.3. The molecule has 0 radical (unpaired) electrons. The molecule has 0 aliphatic heterocycles. The number of benzene rings is 1. The van der Waals surface area contributed by atoms with E-state index in [0.717, 1.165) is 17.1 Å². The topological polar surface area (TPSA) is 59.6 Å². The summed E-state index contributed by atoms with van der Waals surface area (Å²) in [7, 11) is 3.24. The second-order valence-corrected chi connectivity index (χ2v) is 4.48. The summed E-state index contributed by atoms with van der Waals surface area (Å²) < 4.78 is 10.4. The number of hydrogen-bond acceptors (Lipinski definition) is 3. The molecule has 0 aliphatic rings. The Morgan fingerprint density at radius 3 is 2.58 bits per heavy atom. The summed E-state index contributed by atoms with van der Waals surface area (Å²) in [6.45, 7) is 4.40. The van der Waals surface area contributed by atoms with E-state index in [1.807, 2.05) is 32.0 Å². The van der Waals surface area contributed by atoms with Crippen LogP contribution in [0.5, 0.6) is 11.5 Å². The number of ether oxygens (including phenoxy) is 2. The molecule has 1 aromatic carbocycles. The van der Waals surface area contributed by atoms with E-state index in [0.29, 0.717) is 13.0 Å². The second-order valence-electron chi connectivity index (χ2n) is 4.48. The van der Waals surface area contributed by atoms with E-state index in [2.05, 4.69) is 10.6 Å². The minimum absolute atomic E-state index is 0.135. The minimum Gasteiger partial charge on any atom is -0.497 e. The summed E-state index contributed by atoms with van der Waals surface area (Å²) in [5.41, 5.74) is 1.04. The number of carbonyl (C=O) groups is 1. The van der Waals surface area contributed by atoms with Crippen LogP contribution in [0.4, 0.5) is 4.79 Å². The Bertz CT molecular complexity index is 419. The van der Waals surface area contributed by atoms with Crippen molar-refractivity contribution in [3.63, 3.8) is 0 Å². The quantitative estimate of drug-likeness (QED) is 0.827. The zero-order valence-corrected chi connectivity index (χ0v) is 11.9. The number of rotatable bonds is 6. The fraction of sp³-hybridized carbons (Fsp3) is 0.500. The van der Waals surface area contributed by atoms with E-state index in [4.69, 9.17) is 9.47 Å². The normalized spacial score (nSPS) is 10.2. The molecule has 106 valence electrons. The molecule has 0 spiro atoms. The maximum Gasteiger partial charge on any atom is 0.314 e. The molecule has 5 nitrogen and oxygen atoms in total. The van der Waals surface area contributed by atoms with Gasteiger partial charge in [0.2, 0.25) is 0 Å². The Morgan fingerprint density at radius 1 is 1.26 bits per heavy atom. The van der Waals surface area contributed by atoms with Gasteiger partial charge in [0.25, 0.3) is 0 Å². The van der Waals surface area contributed by atoms with E-state index in [9.17, 15) is 4.79 Å². The summed E-state index contributed by atoms with van der Waals surface area (Å²) in [4.78, 5) is 11.4. The molecule has 0 aromatic heterocycles. The second kappa shape index (κ2) is 7.51. The van der Waals surface area contributed by atoms with Gasteiger partial charge in [-0.15, -0.1) is 0 Å². The Morgan fingerprint density at radius 2 is 2.00 bits per heavy atom. The summed E-state index contributed by atoms with van der Waals surface area (Å²) >= 11 is 0. The van der Waals surface area contributed by atoms with Crippen molar-refractivity contribution in [2.75, 3.05) is 20.8 Å². The maximum atomic E-state index is 11.4. The van der Waals surface area contributed by atoms with Gasteiger partial charge in [-0.1, -0.05) is 6.07 Å². The largest absolute Gasteiger partial charge is 0.497 e. The van der Waals surface area contributed by atoms with Crippen molar-refractivity contribution in [3.8, 4) is 11.5 Å². The van der Waals surface area contributed by atoms with Gasteiger partial charge < -0.3 is 20.1 Å². The highest BCUT2D eigenvalue weighted by Crippen LogP contribution is 2.24. The SMILES string of the molecule is COc1ccc(CCNC(=O)NC(C)C)c(OC)c1. The monoisotopic (exact) mass is 266 g/mol. The van der Waals surface area contributed by atoms with E-state index in [1.54, 1.807) is 14.2 Å². The average Bonchev–Trinajstić information content (AvgIpc) is 2.38. The van der Waals surface area contributed by atoms with Crippen LogP contribution in [0.2, 0.25) is 0 Å². The van der Waals surface area contributed by atoms with Gasteiger partial charge in [0.05, 0.1) is 14.2 Å². The van der Waals surface area contributed by atoms with Crippen LogP contribution in [0.25, 0.3) is 0 Å². The summed E-state index contributed by atoms with van der Waals surface area (Å²) in [6, 6.07) is 5.65. The maximum absolute atomic E-state index is 11.4. The number of urea groups is 1. The van der Waals surface area contributed by atoms with Crippen molar-refractivity contribution in [2.24, 2.45) is 0 Å². The molecular weight excluding hydrogens is 244 g/mol. The first kappa shape index (κ1) is 15.1. The average molecular weight is 266 g/mol. The molecule has 0 saturated carbocycles. The van der Waals surface area contributed by atoms with E-state index in [1.165, 1.54) is 0 Å². The van der Waals surface area contributed by atoms with Crippen molar-refractivity contribution in [3.05, 3.63) is 23.8 Å². The standard InChI is InChI=1S/C14H22N2O3/c1-10(2)16-14(17)15-8-7-11-5-6-12(18-3)9-13(11)19-4/h5-6,9-10H,7-8H2,1-4H3,(H2,15,16,17). The molecule has 2 N–H and O–H groups in total. The van der Waals surface area contributed by atoms with Crippen LogP contribution in [0.3, 0.4) is 0 Å². The Hall–Kier alpha value is -1.91. The molecule has 2 amide bonds. The number of methoxy groups -OCH3 is 2. The third kappa shape index (κ3) is 5.07. The highest BCUT2D eigenvalue weighted by Gasteiger charge is 2.06. The lowest BCUT2D eigenvalue weighted by atomic mass is 10.1. The highest BCUT2D eigenvalue weighted by atomic mass is 16.5.